The fourth-order valence-corrected chi connectivity index (χ4v) is 1.07. The van der Waals surface area contributed by atoms with Gasteiger partial charge in [-0.2, -0.15) is 10.4 Å². The second-order valence-corrected chi connectivity index (χ2v) is 2.70. The molecule has 0 aliphatic rings. The van der Waals surface area contributed by atoms with E-state index in [0.717, 1.165) is 5.69 Å². The summed E-state index contributed by atoms with van der Waals surface area (Å²) < 4.78 is 1.60. The Hall–Kier alpha value is -2.35. The van der Waals surface area contributed by atoms with Crippen molar-refractivity contribution in [3.8, 4) is 11.8 Å². The van der Waals surface area contributed by atoms with Gasteiger partial charge in [0.1, 0.15) is 17.6 Å². The summed E-state index contributed by atoms with van der Waals surface area (Å²) in [6.45, 7) is 0. The fraction of sp³-hybridized carbons (Fsp3) is 0. The maximum absolute atomic E-state index is 8.55. The highest BCUT2D eigenvalue weighted by atomic mass is 15.3. The zero-order valence-electron chi connectivity index (χ0n) is 7.25. The van der Waals surface area contributed by atoms with Gasteiger partial charge in [0.15, 0.2) is 0 Å². The molecule has 5 nitrogen and oxygen atoms in total. The van der Waals surface area contributed by atoms with Crippen LogP contribution in [0, 0.1) is 11.3 Å². The fourth-order valence-electron chi connectivity index (χ4n) is 1.07. The summed E-state index contributed by atoms with van der Waals surface area (Å²) in [5.74, 6) is 0.453. The lowest BCUT2D eigenvalue weighted by Gasteiger charge is -1.98. The molecule has 0 saturated carbocycles. The zero-order valence-corrected chi connectivity index (χ0v) is 7.25. The van der Waals surface area contributed by atoms with Gasteiger partial charge in [-0.05, 0) is 12.1 Å². The van der Waals surface area contributed by atoms with E-state index in [9.17, 15) is 0 Å². The van der Waals surface area contributed by atoms with Gasteiger partial charge in [0.2, 0.25) is 0 Å². The lowest BCUT2D eigenvalue weighted by atomic mass is 10.3. The van der Waals surface area contributed by atoms with Crippen LogP contribution >= 0.6 is 0 Å². The number of pyridine rings is 1. The van der Waals surface area contributed by atoms with Crippen LogP contribution in [-0.2, 0) is 0 Å². The van der Waals surface area contributed by atoms with Crippen molar-refractivity contribution in [3.05, 3.63) is 36.3 Å². The first-order valence-corrected chi connectivity index (χ1v) is 3.97. The Labute approximate surface area is 80.4 Å². The Morgan fingerprint density at radius 2 is 2.21 bits per heavy atom. The van der Waals surface area contributed by atoms with Gasteiger partial charge in [-0.25, -0.2) is 9.67 Å². The van der Waals surface area contributed by atoms with Gasteiger partial charge in [0.25, 0.3) is 0 Å². The molecule has 2 heterocycles. The third-order valence-corrected chi connectivity index (χ3v) is 1.74. The predicted octanol–water partition coefficient (Wildman–Crippen LogP) is 0.721. The van der Waals surface area contributed by atoms with E-state index in [-0.39, 0.29) is 0 Å². The molecule has 2 aromatic heterocycles. The van der Waals surface area contributed by atoms with Gasteiger partial charge in [-0.1, -0.05) is 0 Å². The molecular weight excluding hydrogens is 178 g/mol. The number of anilines is 1. The quantitative estimate of drug-likeness (QED) is 0.709. The Kier molecular flexibility index (Phi) is 1.88. The average Bonchev–Trinajstić information content (AvgIpc) is 2.65. The van der Waals surface area contributed by atoms with Gasteiger partial charge in [-0.15, -0.1) is 0 Å². The first-order chi connectivity index (χ1) is 6.79. The van der Waals surface area contributed by atoms with E-state index in [1.54, 1.807) is 35.3 Å². The molecule has 0 radical (unpaired) electrons. The number of hydrogen-bond donors (Lipinski definition) is 1. The molecule has 0 aliphatic heterocycles. The van der Waals surface area contributed by atoms with Crippen molar-refractivity contribution in [2.75, 3.05) is 5.73 Å². The number of aromatic nitrogens is 3. The van der Waals surface area contributed by atoms with Gasteiger partial charge >= 0.3 is 0 Å². The Bertz CT molecular complexity index is 477. The molecule has 2 aromatic rings. The molecule has 0 atom stereocenters. The third kappa shape index (κ3) is 1.41. The molecular formula is C9H7N5. The van der Waals surface area contributed by atoms with Gasteiger partial charge in [0, 0.05) is 12.3 Å². The summed E-state index contributed by atoms with van der Waals surface area (Å²) in [6, 6.07) is 7.03. The van der Waals surface area contributed by atoms with E-state index < -0.39 is 0 Å². The number of nitrogens with zero attached hydrogens (tertiary/aromatic N) is 4. The van der Waals surface area contributed by atoms with Gasteiger partial charge in [0.05, 0.1) is 11.9 Å². The topological polar surface area (TPSA) is 80.5 Å². The summed E-state index contributed by atoms with van der Waals surface area (Å²) >= 11 is 0. The summed E-state index contributed by atoms with van der Waals surface area (Å²) in [5.41, 5.74) is 6.63. The van der Waals surface area contributed by atoms with Crippen molar-refractivity contribution in [2.24, 2.45) is 0 Å². The van der Waals surface area contributed by atoms with Crippen LogP contribution in [0.15, 0.2) is 30.6 Å². The standard InChI is InChI=1S/C9H7N5/c10-5-7-1-2-8(6-12-7)14-4-3-9(11)13-14/h1-4,6H,(H2,11,13). The molecule has 0 aromatic carbocycles. The normalized spacial score (nSPS) is 9.64. The molecule has 14 heavy (non-hydrogen) atoms. The first kappa shape index (κ1) is 8.26. The van der Waals surface area contributed by atoms with Crippen molar-refractivity contribution in [2.45, 2.75) is 0 Å². The number of hydrogen-bond acceptors (Lipinski definition) is 4. The maximum Gasteiger partial charge on any atom is 0.145 e. The molecule has 0 amide bonds. The van der Waals surface area contributed by atoms with Crippen LogP contribution in [0.3, 0.4) is 0 Å². The summed E-state index contributed by atoms with van der Waals surface area (Å²) in [5, 5.41) is 12.6. The summed E-state index contributed by atoms with van der Waals surface area (Å²) in [4.78, 5) is 3.92. The van der Waals surface area contributed by atoms with Crippen molar-refractivity contribution in [3.63, 3.8) is 0 Å². The highest BCUT2D eigenvalue weighted by Gasteiger charge is 1.98. The monoisotopic (exact) mass is 185 g/mol. The summed E-state index contributed by atoms with van der Waals surface area (Å²) in [7, 11) is 0. The molecule has 0 spiro atoms. The van der Waals surface area contributed by atoms with Crippen LogP contribution in [0.25, 0.3) is 5.69 Å². The van der Waals surface area contributed by atoms with Crippen LogP contribution in [0.5, 0.6) is 0 Å². The lowest BCUT2D eigenvalue weighted by Crippen LogP contribution is -1.97. The maximum atomic E-state index is 8.55. The van der Waals surface area contributed by atoms with Crippen LogP contribution in [0.1, 0.15) is 5.69 Å². The summed E-state index contributed by atoms with van der Waals surface area (Å²) in [6.07, 6.45) is 3.31. The molecule has 0 bridgehead atoms. The molecule has 2 rings (SSSR count). The Balaban J connectivity index is 2.39. The zero-order chi connectivity index (χ0) is 9.97. The van der Waals surface area contributed by atoms with Crippen molar-refractivity contribution < 1.29 is 0 Å². The molecule has 2 N–H and O–H groups in total. The van der Waals surface area contributed by atoms with E-state index in [1.165, 1.54) is 0 Å². The van der Waals surface area contributed by atoms with Crippen LogP contribution in [0.4, 0.5) is 5.82 Å². The molecule has 0 aliphatic carbocycles. The van der Waals surface area contributed by atoms with Crippen LogP contribution < -0.4 is 5.73 Å². The van der Waals surface area contributed by atoms with Crippen molar-refractivity contribution >= 4 is 5.82 Å². The predicted molar refractivity (Wildman–Crippen MR) is 50.5 cm³/mol. The third-order valence-electron chi connectivity index (χ3n) is 1.74. The molecule has 68 valence electrons. The number of nitrogen functional groups attached to an aromatic ring is 1. The second kappa shape index (κ2) is 3.18. The highest BCUT2D eigenvalue weighted by Crippen LogP contribution is 2.07. The highest BCUT2D eigenvalue weighted by molar-refractivity contribution is 5.35. The van der Waals surface area contributed by atoms with E-state index in [2.05, 4.69) is 10.1 Å². The van der Waals surface area contributed by atoms with Crippen LogP contribution in [0.2, 0.25) is 0 Å². The molecule has 5 heteroatoms. The van der Waals surface area contributed by atoms with Crippen molar-refractivity contribution in [1.82, 2.24) is 14.8 Å². The minimum absolute atomic E-state index is 0.383. The number of rotatable bonds is 1. The van der Waals surface area contributed by atoms with E-state index in [0.29, 0.717) is 11.5 Å². The minimum atomic E-state index is 0.383. The Morgan fingerprint density at radius 1 is 1.36 bits per heavy atom. The average molecular weight is 185 g/mol. The number of nitrogens with two attached hydrogens (primary N) is 1. The first-order valence-electron chi connectivity index (χ1n) is 3.97. The van der Waals surface area contributed by atoms with Crippen LogP contribution in [-0.4, -0.2) is 14.8 Å². The molecule has 0 unspecified atom stereocenters. The van der Waals surface area contributed by atoms with E-state index in [4.69, 9.17) is 11.0 Å². The van der Waals surface area contributed by atoms with Gasteiger partial charge in [-0.3, -0.25) is 0 Å². The Morgan fingerprint density at radius 3 is 2.71 bits per heavy atom. The van der Waals surface area contributed by atoms with Crippen molar-refractivity contribution in [1.29, 1.82) is 5.26 Å². The smallest absolute Gasteiger partial charge is 0.145 e. The largest absolute Gasteiger partial charge is 0.382 e. The van der Waals surface area contributed by atoms with E-state index in [1.807, 2.05) is 6.07 Å². The van der Waals surface area contributed by atoms with E-state index >= 15 is 0 Å². The molecule has 0 saturated heterocycles. The SMILES string of the molecule is N#Cc1ccc(-n2ccc(N)n2)cn1. The number of nitriles is 1. The minimum Gasteiger partial charge on any atom is -0.382 e. The molecule has 0 fully saturated rings. The second-order valence-electron chi connectivity index (χ2n) is 2.70. The van der Waals surface area contributed by atoms with Gasteiger partial charge < -0.3 is 5.73 Å². The lowest BCUT2D eigenvalue weighted by molar-refractivity contribution is 0.878.